The van der Waals surface area contributed by atoms with Crippen molar-refractivity contribution in [3.63, 3.8) is 0 Å². The molecular formula is C30H33F3N4O4. The number of rotatable bonds is 9. The quantitative estimate of drug-likeness (QED) is 0.370. The molecule has 2 fully saturated rings. The van der Waals surface area contributed by atoms with Crippen molar-refractivity contribution < 1.29 is 32.2 Å². The molecule has 1 aromatic heterocycles. The van der Waals surface area contributed by atoms with Crippen molar-refractivity contribution in [3.8, 4) is 5.75 Å². The number of alkyl halides is 3. The second-order valence-electron chi connectivity index (χ2n) is 10.3. The Hall–Kier alpha value is -3.86. The van der Waals surface area contributed by atoms with E-state index >= 15 is 0 Å². The van der Waals surface area contributed by atoms with Crippen LogP contribution in [0, 0.1) is 0 Å². The van der Waals surface area contributed by atoms with Gasteiger partial charge in [0, 0.05) is 68.3 Å². The molecule has 2 aliphatic rings. The molecular weight excluding hydrogens is 537 g/mol. The van der Waals surface area contributed by atoms with Crippen molar-refractivity contribution in [2.75, 3.05) is 57.9 Å². The van der Waals surface area contributed by atoms with E-state index < -0.39 is 11.7 Å². The number of morpholine rings is 1. The van der Waals surface area contributed by atoms with Crippen LogP contribution >= 0.6 is 0 Å². The van der Waals surface area contributed by atoms with Crippen LogP contribution in [-0.2, 0) is 22.3 Å². The second kappa shape index (κ2) is 12.3. The number of anilines is 1. The number of amides is 2. The lowest BCUT2D eigenvalue weighted by Crippen LogP contribution is -2.39. The minimum Gasteiger partial charge on any atom is -0.497 e. The molecule has 0 radical (unpaired) electrons. The minimum atomic E-state index is -4.49. The van der Waals surface area contributed by atoms with Gasteiger partial charge in [0.15, 0.2) is 0 Å². The van der Waals surface area contributed by atoms with Gasteiger partial charge in [0.25, 0.3) is 5.91 Å². The number of carbonyl (C=O) groups is 2. The van der Waals surface area contributed by atoms with Gasteiger partial charge in [-0.05, 0) is 55.3 Å². The first-order chi connectivity index (χ1) is 19.7. The predicted molar refractivity (Wildman–Crippen MR) is 148 cm³/mol. The minimum absolute atomic E-state index is 0.106. The number of methoxy groups -OCH3 is 1. The predicted octanol–water partition coefficient (Wildman–Crippen LogP) is 4.75. The van der Waals surface area contributed by atoms with E-state index in [1.807, 2.05) is 24.3 Å². The summed E-state index contributed by atoms with van der Waals surface area (Å²) in [5, 5.41) is 0.877. The van der Waals surface area contributed by atoms with Crippen molar-refractivity contribution in [3.05, 3.63) is 65.2 Å². The molecule has 41 heavy (non-hydrogen) atoms. The molecule has 0 bridgehead atoms. The maximum atomic E-state index is 13.7. The Balaban J connectivity index is 1.46. The Morgan fingerprint density at radius 3 is 2.49 bits per heavy atom. The highest BCUT2D eigenvalue weighted by atomic mass is 19.4. The van der Waals surface area contributed by atoms with Crippen LogP contribution in [0.15, 0.2) is 48.5 Å². The Labute approximate surface area is 236 Å². The first-order valence-electron chi connectivity index (χ1n) is 13.8. The number of fused-ring (bicyclic) bond motifs is 1. The maximum absolute atomic E-state index is 13.7. The average molecular weight is 571 g/mol. The molecule has 5 rings (SSSR count). The smallest absolute Gasteiger partial charge is 0.416 e. The summed E-state index contributed by atoms with van der Waals surface area (Å²) < 4.78 is 50.4. The largest absolute Gasteiger partial charge is 0.497 e. The molecule has 2 aliphatic heterocycles. The average Bonchev–Trinajstić information content (AvgIpc) is 3.39. The molecule has 0 N–H and O–H groups in total. The normalized spacial score (nSPS) is 16.0. The third kappa shape index (κ3) is 6.73. The van der Waals surface area contributed by atoms with Gasteiger partial charge in [0.2, 0.25) is 5.91 Å². The number of pyridine rings is 1. The van der Waals surface area contributed by atoms with Gasteiger partial charge in [-0.2, -0.15) is 13.2 Å². The number of hydrogen-bond donors (Lipinski definition) is 0. The maximum Gasteiger partial charge on any atom is 0.416 e. The van der Waals surface area contributed by atoms with Crippen molar-refractivity contribution in [1.82, 2.24) is 14.8 Å². The van der Waals surface area contributed by atoms with Gasteiger partial charge in [0.05, 0.1) is 31.4 Å². The SMILES string of the molecule is COc1ccc2cc(CN(CCCN3CCCC3=O)C(=O)c3ccc(C(F)(F)F)cc3)c(N3CCOCC3)nc2c1. The summed E-state index contributed by atoms with van der Waals surface area (Å²) in [4.78, 5) is 36.4. The summed E-state index contributed by atoms with van der Waals surface area (Å²) in [6, 6.07) is 11.9. The summed E-state index contributed by atoms with van der Waals surface area (Å²) in [7, 11) is 1.60. The van der Waals surface area contributed by atoms with Gasteiger partial charge >= 0.3 is 6.18 Å². The number of nitrogens with zero attached hydrogens (tertiary/aromatic N) is 4. The zero-order valence-corrected chi connectivity index (χ0v) is 23.0. The van der Waals surface area contributed by atoms with E-state index in [1.54, 1.807) is 16.9 Å². The van der Waals surface area contributed by atoms with E-state index in [2.05, 4.69) is 4.90 Å². The molecule has 2 aromatic carbocycles. The first-order valence-corrected chi connectivity index (χ1v) is 13.8. The van der Waals surface area contributed by atoms with Crippen LogP contribution in [0.25, 0.3) is 10.9 Å². The van der Waals surface area contributed by atoms with Gasteiger partial charge in [-0.15, -0.1) is 0 Å². The zero-order valence-electron chi connectivity index (χ0n) is 23.0. The molecule has 2 saturated heterocycles. The molecule has 0 aliphatic carbocycles. The molecule has 0 atom stereocenters. The van der Waals surface area contributed by atoms with E-state index in [0.29, 0.717) is 64.5 Å². The van der Waals surface area contributed by atoms with Crippen molar-refractivity contribution >= 4 is 28.5 Å². The van der Waals surface area contributed by atoms with Crippen molar-refractivity contribution in [1.29, 1.82) is 0 Å². The number of carbonyl (C=O) groups excluding carboxylic acids is 2. The van der Waals surface area contributed by atoms with Gasteiger partial charge in [-0.3, -0.25) is 9.59 Å². The first kappa shape index (κ1) is 28.7. The molecule has 0 spiro atoms. The monoisotopic (exact) mass is 570 g/mol. The Bertz CT molecular complexity index is 1390. The Morgan fingerprint density at radius 2 is 1.83 bits per heavy atom. The number of likely N-dealkylation sites (tertiary alicyclic amines) is 1. The molecule has 0 saturated carbocycles. The van der Waals surface area contributed by atoms with E-state index in [1.165, 1.54) is 12.1 Å². The molecule has 3 aromatic rings. The summed E-state index contributed by atoms with van der Waals surface area (Å²) in [5.74, 6) is 1.14. The van der Waals surface area contributed by atoms with E-state index in [9.17, 15) is 22.8 Å². The van der Waals surface area contributed by atoms with Gasteiger partial charge in [-0.1, -0.05) is 0 Å². The van der Waals surface area contributed by atoms with E-state index in [4.69, 9.17) is 14.5 Å². The standard InChI is InChI=1S/C30H33F3N4O4/c1-40-25-10-7-22-18-23(28(34-26(22)19-25)36-14-16-41-17-15-36)20-37(13-3-12-35-11-2-4-27(35)38)29(39)21-5-8-24(9-6-21)30(31,32)33/h5-10,18-19H,2-4,11-17,20H2,1H3. The van der Waals surface area contributed by atoms with Gasteiger partial charge in [-0.25, -0.2) is 4.98 Å². The fraction of sp³-hybridized carbons (Fsp3) is 0.433. The number of hydrogen-bond acceptors (Lipinski definition) is 6. The molecule has 2 amide bonds. The van der Waals surface area contributed by atoms with Crippen LogP contribution in [0.4, 0.5) is 19.0 Å². The van der Waals surface area contributed by atoms with Gasteiger partial charge in [0.1, 0.15) is 11.6 Å². The van der Waals surface area contributed by atoms with Crippen LogP contribution in [-0.4, -0.2) is 79.6 Å². The highest BCUT2D eigenvalue weighted by molar-refractivity contribution is 5.94. The number of ether oxygens (including phenoxy) is 2. The zero-order chi connectivity index (χ0) is 29.0. The van der Waals surface area contributed by atoms with E-state index in [0.717, 1.165) is 40.8 Å². The number of benzene rings is 2. The third-order valence-corrected chi connectivity index (χ3v) is 7.53. The van der Waals surface area contributed by atoms with Crippen LogP contribution in [0.5, 0.6) is 5.75 Å². The lowest BCUT2D eigenvalue weighted by Gasteiger charge is -2.31. The topological polar surface area (TPSA) is 75.2 Å². The lowest BCUT2D eigenvalue weighted by atomic mass is 10.1. The van der Waals surface area contributed by atoms with Crippen LogP contribution < -0.4 is 9.64 Å². The fourth-order valence-corrected chi connectivity index (χ4v) is 5.31. The van der Waals surface area contributed by atoms with Gasteiger partial charge < -0.3 is 24.2 Å². The highest BCUT2D eigenvalue weighted by Gasteiger charge is 2.31. The molecule has 218 valence electrons. The Kier molecular flexibility index (Phi) is 8.63. The summed E-state index contributed by atoms with van der Waals surface area (Å²) in [6.07, 6.45) is -2.59. The van der Waals surface area contributed by atoms with Crippen LogP contribution in [0.1, 0.15) is 40.7 Å². The lowest BCUT2D eigenvalue weighted by molar-refractivity contribution is -0.137. The highest BCUT2D eigenvalue weighted by Crippen LogP contribution is 2.31. The number of aromatic nitrogens is 1. The Morgan fingerprint density at radius 1 is 1.07 bits per heavy atom. The molecule has 3 heterocycles. The summed E-state index contributed by atoms with van der Waals surface area (Å²) >= 11 is 0. The molecule has 8 nitrogen and oxygen atoms in total. The summed E-state index contributed by atoms with van der Waals surface area (Å²) in [6.45, 7) is 4.12. The molecule has 0 unspecified atom stereocenters. The van der Waals surface area contributed by atoms with Crippen LogP contribution in [0.3, 0.4) is 0 Å². The van der Waals surface area contributed by atoms with E-state index in [-0.39, 0.29) is 23.9 Å². The fourth-order valence-electron chi connectivity index (χ4n) is 5.31. The second-order valence-corrected chi connectivity index (χ2v) is 10.3. The third-order valence-electron chi connectivity index (χ3n) is 7.53. The molecule has 11 heteroatoms. The van der Waals surface area contributed by atoms with Crippen molar-refractivity contribution in [2.24, 2.45) is 0 Å². The number of halogens is 3. The van der Waals surface area contributed by atoms with Crippen LogP contribution in [0.2, 0.25) is 0 Å². The van der Waals surface area contributed by atoms with Crippen molar-refractivity contribution in [2.45, 2.75) is 32.0 Å². The summed E-state index contributed by atoms with van der Waals surface area (Å²) in [5.41, 5.74) is 0.934.